The molecular weight excluding hydrogens is 416 g/mol. The van der Waals surface area contributed by atoms with Gasteiger partial charge in [-0.3, -0.25) is 0 Å². The van der Waals surface area contributed by atoms with E-state index in [9.17, 15) is 9.50 Å². The molecule has 1 N–H and O–H groups in total. The molecule has 0 aliphatic rings. The molecule has 2 atom stereocenters. The number of ether oxygens (including phenoxy) is 1. The largest absolute Gasteiger partial charge is 0.457 e. The third kappa shape index (κ3) is 4.90. The van der Waals surface area contributed by atoms with Crippen LogP contribution >= 0.6 is 35.6 Å². The number of hydrogen-bond acceptors (Lipinski definition) is 4. The molecular formula is C18H17Cl3FN3O2. The first-order valence-electron chi connectivity index (χ1n) is 7.81. The second-order valence-electron chi connectivity index (χ2n) is 5.83. The van der Waals surface area contributed by atoms with Crippen LogP contribution in [0.2, 0.25) is 10.0 Å². The number of alkyl halides is 1. The molecule has 0 aliphatic heterocycles. The van der Waals surface area contributed by atoms with Crippen molar-refractivity contribution < 1.29 is 14.2 Å². The summed E-state index contributed by atoms with van der Waals surface area (Å²) in [5.74, 6) is 1.03. The summed E-state index contributed by atoms with van der Waals surface area (Å²) >= 11 is 12.2. The topological polar surface area (TPSA) is 60.2 Å². The summed E-state index contributed by atoms with van der Waals surface area (Å²) in [7, 11) is 0. The van der Waals surface area contributed by atoms with E-state index in [1.165, 1.54) is 30.3 Å². The van der Waals surface area contributed by atoms with Gasteiger partial charge in [0.1, 0.15) is 35.9 Å². The van der Waals surface area contributed by atoms with Crippen molar-refractivity contribution in [1.82, 2.24) is 14.8 Å². The number of aromatic nitrogens is 3. The zero-order valence-corrected chi connectivity index (χ0v) is 16.5. The lowest BCUT2D eigenvalue weighted by molar-refractivity contribution is -0.0498. The Kier molecular flexibility index (Phi) is 7.06. The molecule has 0 saturated carbocycles. The average Bonchev–Trinajstić information content (AvgIpc) is 3.09. The van der Waals surface area contributed by atoms with Gasteiger partial charge in [-0.05, 0) is 43.3 Å². The van der Waals surface area contributed by atoms with Gasteiger partial charge in [-0.25, -0.2) is 14.1 Å². The van der Waals surface area contributed by atoms with Crippen LogP contribution in [0.4, 0.5) is 4.39 Å². The Balaban J connectivity index is 0.00000261. The number of hydrogen-bond donors (Lipinski definition) is 1. The van der Waals surface area contributed by atoms with Gasteiger partial charge >= 0.3 is 0 Å². The van der Waals surface area contributed by atoms with E-state index in [1.807, 2.05) is 0 Å². The van der Waals surface area contributed by atoms with E-state index in [-0.39, 0.29) is 29.5 Å². The van der Waals surface area contributed by atoms with Gasteiger partial charge in [-0.1, -0.05) is 29.3 Å². The summed E-state index contributed by atoms with van der Waals surface area (Å²) in [6.07, 6.45) is 1.13. The maximum atomic E-state index is 14.3. The Morgan fingerprint density at radius 2 is 1.85 bits per heavy atom. The Hall–Kier alpha value is -1.86. The molecule has 1 unspecified atom stereocenters. The average molecular weight is 433 g/mol. The molecule has 144 valence electrons. The highest BCUT2D eigenvalue weighted by atomic mass is 35.5. The normalized spacial score (nSPS) is 14.1. The van der Waals surface area contributed by atoms with E-state index < -0.39 is 11.8 Å². The lowest BCUT2D eigenvalue weighted by atomic mass is 9.89. The second kappa shape index (κ2) is 8.89. The summed E-state index contributed by atoms with van der Waals surface area (Å²) in [6, 6.07) is 11.5. The Labute approximate surface area is 172 Å². The third-order valence-electron chi connectivity index (χ3n) is 3.98. The van der Waals surface area contributed by atoms with Crippen molar-refractivity contribution >= 4 is 35.6 Å². The fourth-order valence-electron chi connectivity index (χ4n) is 2.54. The lowest BCUT2D eigenvalue weighted by Crippen LogP contribution is -2.40. The van der Waals surface area contributed by atoms with Crippen LogP contribution in [0, 0.1) is 0 Å². The SMILES string of the molecule is CC(F)[C@](O)(Cn1cncn1)c1ccc(Oc2ccc(Cl)cc2)cc1Cl.Cl. The second-order valence-corrected chi connectivity index (χ2v) is 6.67. The van der Waals surface area contributed by atoms with Crippen molar-refractivity contribution in [3.8, 4) is 11.5 Å². The van der Waals surface area contributed by atoms with E-state index in [0.29, 0.717) is 16.5 Å². The highest BCUT2D eigenvalue weighted by Crippen LogP contribution is 2.37. The lowest BCUT2D eigenvalue weighted by Gasteiger charge is -2.31. The Bertz CT molecular complexity index is 876. The summed E-state index contributed by atoms with van der Waals surface area (Å²) in [6.45, 7) is 1.15. The highest BCUT2D eigenvalue weighted by Gasteiger charge is 2.39. The summed E-state index contributed by atoms with van der Waals surface area (Å²) in [5, 5.41) is 15.6. The fourth-order valence-corrected chi connectivity index (χ4v) is 3.00. The van der Waals surface area contributed by atoms with Crippen LogP contribution in [0.25, 0.3) is 0 Å². The van der Waals surface area contributed by atoms with Gasteiger partial charge in [0, 0.05) is 10.6 Å². The maximum absolute atomic E-state index is 14.3. The molecule has 1 heterocycles. The first kappa shape index (κ1) is 21.4. The van der Waals surface area contributed by atoms with Crippen LogP contribution in [0.15, 0.2) is 55.1 Å². The molecule has 0 aliphatic carbocycles. The minimum absolute atomic E-state index is 0. The van der Waals surface area contributed by atoms with Gasteiger partial charge < -0.3 is 9.84 Å². The van der Waals surface area contributed by atoms with Crippen molar-refractivity contribution in [1.29, 1.82) is 0 Å². The van der Waals surface area contributed by atoms with Gasteiger partial charge in [-0.2, -0.15) is 5.10 Å². The predicted molar refractivity (Wildman–Crippen MR) is 105 cm³/mol. The van der Waals surface area contributed by atoms with Crippen molar-refractivity contribution in [3.05, 3.63) is 70.7 Å². The molecule has 27 heavy (non-hydrogen) atoms. The zero-order valence-electron chi connectivity index (χ0n) is 14.2. The summed E-state index contributed by atoms with van der Waals surface area (Å²) in [4.78, 5) is 3.80. The summed E-state index contributed by atoms with van der Waals surface area (Å²) in [5.41, 5.74) is -1.61. The van der Waals surface area contributed by atoms with Gasteiger partial charge in [-0.15, -0.1) is 12.4 Å². The molecule has 0 saturated heterocycles. The fraction of sp³-hybridized carbons (Fsp3) is 0.222. The van der Waals surface area contributed by atoms with Crippen molar-refractivity contribution in [2.75, 3.05) is 0 Å². The molecule has 0 spiro atoms. The molecule has 3 aromatic rings. The summed E-state index contributed by atoms with van der Waals surface area (Å²) < 4.78 is 21.3. The van der Waals surface area contributed by atoms with E-state index in [1.54, 1.807) is 36.4 Å². The van der Waals surface area contributed by atoms with Gasteiger partial charge in [0.2, 0.25) is 0 Å². The number of halogens is 4. The predicted octanol–water partition coefficient (Wildman–Crippen LogP) is 5.04. The van der Waals surface area contributed by atoms with E-state index in [2.05, 4.69) is 10.1 Å². The quantitative estimate of drug-likeness (QED) is 0.592. The minimum atomic E-state index is -1.86. The van der Waals surface area contributed by atoms with Crippen LogP contribution in [0.1, 0.15) is 12.5 Å². The molecule has 0 radical (unpaired) electrons. The van der Waals surface area contributed by atoms with E-state index in [0.717, 1.165) is 0 Å². The van der Waals surface area contributed by atoms with Crippen LogP contribution in [-0.4, -0.2) is 26.0 Å². The van der Waals surface area contributed by atoms with Crippen molar-refractivity contribution in [2.24, 2.45) is 0 Å². The molecule has 0 fully saturated rings. The molecule has 5 nitrogen and oxygen atoms in total. The van der Waals surface area contributed by atoms with Crippen molar-refractivity contribution in [3.63, 3.8) is 0 Å². The highest BCUT2D eigenvalue weighted by molar-refractivity contribution is 6.31. The maximum Gasteiger partial charge on any atom is 0.141 e. The number of aliphatic hydroxyl groups is 1. The van der Waals surface area contributed by atoms with Gasteiger partial charge in [0.25, 0.3) is 0 Å². The van der Waals surface area contributed by atoms with Crippen LogP contribution in [0.5, 0.6) is 11.5 Å². The van der Waals surface area contributed by atoms with Crippen LogP contribution < -0.4 is 4.74 Å². The Morgan fingerprint density at radius 1 is 1.19 bits per heavy atom. The van der Waals surface area contributed by atoms with E-state index in [4.69, 9.17) is 27.9 Å². The molecule has 3 rings (SSSR count). The van der Waals surface area contributed by atoms with Gasteiger partial charge in [0.05, 0.1) is 11.6 Å². The smallest absolute Gasteiger partial charge is 0.141 e. The molecule has 0 amide bonds. The standard InChI is InChI=1S/C18H16Cl2FN3O2.ClH/c1-12(21)18(25,9-24-11-22-10-23-24)16-7-6-15(8-17(16)20)26-14-4-2-13(19)3-5-14;/h2-8,10-12,25H,9H2,1H3;1H/t12?,18-;/m1./s1. The Morgan fingerprint density at radius 3 is 2.41 bits per heavy atom. The first-order valence-corrected chi connectivity index (χ1v) is 8.56. The zero-order chi connectivity index (χ0) is 18.7. The number of nitrogens with zero attached hydrogens (tertiary/aromatic N) is 3. The van der Waals surface area contributed by atoms with Crippen LogP contribution in [0.3, 0.4) is 0 Å². The number of rotatable bonds is 6. The molecule has 9 heteroatoms. The van der Waals surface area contributed by atoms with Gasteiger partial charge in [0.15, 0.2) is 0 Å². The molecule has 0 bridgehead atoms. The van der Waals surface area contributed by atoms with E-state index >= 15 is 0 Å². The monoisotopic (exact) mass is 431 g/mol. The minimum Gasteiger partial charge on any atom is -0.457 e. The van der Waals surface area contributed by atoms with Crippen molar-refractivity contribution in [2.45, 2.75) is 25.2 Å². The molecule has 2 aromatic carbocycles. The third-order valence-corrected chi connectivity index (χ3v) is 4.55. The first-order chi connectivity index (χ1) is 12.4. The van der Waals surface area contributed by atoms with Crippen LogP contribution in [-0.2, 0) is 12.1 Å². The number of benzene rings is 2. The molecule has 1 aromatic heterocycles.